The van der Waals surface area contributed by atoms with Crippen LogP contribution in [0.1, 0.15) is 24.2 Å². The second kappa shape index (κ2) is 5.21. The molecule has 4 heteroatoms. The third-order valence-electron chi connectivity index (χ3n) is 3.94. The molecule has 1 amide bonds. The number of piperazine rings is 1. The molecule has 0 aliphatic carbocycles. The summed E-state index contributed by atoms with van der Waals surface area (Å²) in [6.07, 6.45) is 1.76. The molecular weight excluding hydrogens is 250 g/mol. The molecule has 1 fully saturated rings. The van der Waals surface area contributed by atoms with Gasteiger partial charge in [0.1, 0.15) is 0 Å². The highest BCUT2D eigenvalue weighted by molar-refractivity contribution is 6.06. The van der Waals surface area contributed by atoms with E-state index in [0.29, 0.717) is 0 Å². The second-order valence-corrected chi connectivity index (χ2v) is 5.44. The lowest BCUT2D eigenvalue weighted by Gasteiger charge is -2.39. The molecule has 1 aliphatic rings. The van der Waals surface area contributed by atoms with Crippen molar-refractivity contribution in [2.75, 3.05) is 13.1 Å². The minimum atomic E-state index is 0.102. The molecule has 0 bridgehead atoms. The van der Waals surface area contributed by atoms with Crippen molar-refractivity contribution in [3.05, 3.63) is 42.1 Å². The molecule has 0 saturated carbocycles. The van der Waals surface area contributed by atoms with Crippen molar-refractivity contribution in [2.24, 2.45) is 0 Å². The Kier molecular flexibility index (Phi) is 3.40. The van der Waals surface area contributed by atoms with Crippen LogP contribution in [0.25, 0.3) is 10.9 Å². The van der Waals surface area contributed by atoms with Gasteiger partial charge in [-0.05, 0) is 32.0 Å². The number of benzene rings is 1. The minimum absolute atomic E-state index is 0.102. The number of nitrogens with zero attached hydrogens (tertiary/aromatic N) is 2. The van der Waals surface area contributed by atoms with Crippen LogP contribution in [-0.4, -0.2) is 41.0 Å². The first-order valence-corrected chi connectivity index (χ1v) is 7.05. The molecule has 2 unspecified atom stereocenters. The van der Waals surface area contributed by atoms with Gasteiger partial charge in [0.15, 0.2) is 0 Å². The van der Waals surface area contributed by atoms with Crippen LogP contribution in [0.15, 0.2) is 36.5 Å². The van der Waals surface area contributed by atoms with Gasteiger partial charge in [-0.3, -0.25) is 9.78 Å². The average molecular weight is 269 g/mol. The van der Waals surface area contributed by atoms with Crippen LogP contribution in [0, 0.1) is 0 Å². The van der Waals surface area contributed by atoms with E-state index in [1.807, 2.05) is 35.2 Å². The number of aromatic nitrogens is 1. The number of amides is 1. The zero-order chi connectivity index (χ0) is 14.1. The van der Waals surface area contributed by atoms with Gasteiger partial charge in [-0.2, -0.15) is 0 Å². The lowest BCUT2D eigenvalue weighted by molar-refractivity contribution is 0.0546. The molecule has 2 heterocycles. The largest absolute Gasteiger partial charge is 0.331 e. The van der Waals surface area contributed by atoms with Gasteiger partial charge in [-0.1, -0.05) is 12.1 Å². The summed E-state index contributed by atoms with van der Waals surface area (Å²) in [4.78, 5) is 19.2. The normalized spacial score (nSPS) is 23.0. The summed E-state index contributed by atoms with van der Waals surface area (Å²) in [5.74, 6) is 0.102. The van der Waals surface area contributed by atoms with Crippen LogP contribution >= 0.6 is 0 Å². The van der Waals surface area contributed by atoms with E-state index in [-0.39, 0.29) is 18.0 Å². The van der Waals surface area contributed by atoms with Gasteiger partial charge in [0.05, 0.1) is 5.52 Å². The molecule has 2 atom stereocenters. The number of fused-ring (bicyclic) bond motifs is 1. The second-order valence-electron chi connectivity index (χ2n) is 5.44. The molecule has 4 nitrogen and oxygen atoms in total. The minimum Gasteiger partial charge on any atom is -0.331 e. The number of rotatable bonds is 1. The molecule has 1 aromatic carbocycles. The zero-order valence-electron chi connectivity index (χ0n) is 11.8. The number of nitrogens with one attached hydrogen (secondary N) is 1. The first kappa shape index (κ1) is 13.1. The van der Waals surface area contributed by atoms with Gasteiger partial charge in [-0.15, -0.1) is 0 Å². The molecule has 104 valence electrons. The van der Waals surface area contributed by atoms with Crippen LogP contribution in [0.3, 0.4) is 0 Å². The molecule has 2 aromatic rings. The molecule has 1 N–H and O–H groups in total. The number of pyridine rings is 1. The first-order valence-electron chi connectivity index (χ1n) is 7.05. The molecule has 20 heavy (non-hydrogen) atoms. The SMILES string of the molecule is CC1CNCC(C)N1C(=O)c1cccc2ncccc12. The van der Waals surface area contributed by atoms with E-state index < -0.39 is 0 Å². The van der Waals surface area contributed by atoms with Gasteiger partial charge in [0.25, 0.3) is 5.91 Å². The summed E-state index contributed by atoms with van der Waals surface area (Å²) in [7, 11) is 0. The van der Waals surface area contributed by atoms with Crippen molar-refractivity contribution in [3.8, 4) is 0 Å². The number of carbonyl (C=O) groups is 1. The van der Waals surface area contributed by atoms with E-state index in [0.717, 1.165) is 29.6 Å². The molecule has 0 spiro atoms. The van der Waals surface area contributed by atoms with Crippen LogP contribution in [0.4, 0.5) is 0 Å². The lowest BCUT2D eigenvalue weighted by atomic mass is 10.0. The van der Waals surface area contributed by atoms with Gasteiger partial charge < -0.3 is 10.2 Å². The van der Waals surface area contributed by atoms with Crippen molar-refractivity contribution in [2.45, 2.75) is 25.9 Å². The van der Waals surface area contributed by atoms with E-state index >= 15 is 0 Å². The quantitative estimate of drug-likeness (QED) is 0.862. The predicted molar refractivity (Wildman–Crippen MR) is 79.7 cm³/mol. The highest BCUT2D eigenvalue weighted by Gasteiger charge is 2.30. The summed E-state index contributed by atoms with van der Waals surface area (Å²) >= 11 is 0. The lowest BCUT2D eigenvalue weighted by Crippen LogP contribution is -2.57. The Morgan fingerprint density at radius 1 is 1.20 bits per heavy atom. The predicted octanol–water partition coefficient (Wildman–Crippen LogP) is 2.06. The Balaban J connectivity index is 2.04. The van der Waals surface area contributed by atoms with E-state index in [2.05, 4.69) is 24.1 Å². The van der Waals surface area contributed by atoms with Crippen molar-refractivity contribution in [1.82, 2.24) is 15.2 Å². The third-order valence-corrected chi connectivity index (χ3v) is 3.94. The summed E-state index contributed by atoms with van der Waals surface area (Å²) in [6, 6.07) is 10.00. The van der Waals surface area contributed by atoms with Crippen molar-refractivity contribution in [1.29, 1.82) is 0 Å². The fourth-order valence-electron chi connectivity index (χ4n) is 2.96. The third kappa shape index (κ3) is 2.16. The molecule has 3 rings (SSSR count). The van der Waals surface area contributed by atoms with Gasteiger partial charge in [0, 0.05) is 42.3 Å². The van der Waals surface area contributed by atoms with E-state index in [9.17, 15) is 4.79 Å². The number of hydrogen-bond donors (Lipinski definition) is 1. The Labute approximate surface area is 118 Å². The van der Waals surface area contributed by atoms with Gasteiger partial charge in [-0.25, -0.2) is 0 Å². The molecule has 0 radical (unpaired) electrons. The Morgan fingerprint density at radius 2 is 1.95 bits per heavy atom. The zero-order valence-corrected chi connectivity index (χ0v) is 11.8. The fourth-order valence-corrected chi connectivity index (χ4v) is 2.96. The summed E-state index contributed by atoms with van der Waals surface area (Å²) in [6.45, 7) is 5.87. The van der Waals surface area contributed by atoms with Crippen molar-refractivity contribution >= 4 is 16.8 Å². The van der Waals surface area contributed by atoms with E-state index in [1.165, 1.54) is 0 Å². The van der Waals surface area contributed by atoms with E-state index in [1.54, 1.807) is 6.20 Å². The Bertz CT molecular complexity index is 625. The van der Waals surface area contributed by atoms with E-state index in [4.69, 9.17) is 0 Å². The number of carbonyl (C=O) groups excluding carboxylic acids is 1. The van der Waals surface area contributed by atoms with Crippen LogP contribution in [0.5, 0.6) is 0 Å². The molecule has 1 saturated heterocycles. The summed E-state index contributed by atoms with van der Waals surface area (Å²) < 4.78 is 0. The maximum Gasteiger partial charge on any atom is 0.255 e. The standard InChI is InChI=1S/C16H19N3O/c1-11-9-17-10-12(2)19(11)16(20)14-5-3-7-15-13(14)6-4-8-18-15/h3-8,11-12,17H,9-10H2,1-2H3. The summed E-state index contributed by atoms with van der Waals surface area (Å²) in [5, 5.41) is 4.28. The Hall–Kier alpha value is -1.94. The average Bonchev–Trinajstić information content (AvgIpc) is 2.46. The fraction of sp³-hybridized carbons (Fsp3) is 0.375. The van der Waals surface area contributed by atoms with Crippen molar-refractivity contribution in [3.63, 3.8) is 0 Å². The molecule has 1 aromatic heterocycles. The van der Waals surface area contributed by atoms with Gasteiger partial charge >= 0.3 is 0 Å². The Morgan fingerprint density at radius 3 is 2.70 bits per heavy atom. The number of hydrogen-bond acceptors (Lipinski definition) is 3. The maximum atomic E-state index is 12.9. The maximum absolute atomic E-state index is 12.9. The van der Waals surface area contributed by atoms with Gasteiger partial charge in [0.2, 0.25) is 0 Å². The highest BCUT2D eigenvalue weighted by atomic mass is 16.2. The monoisotopic (exact) mass is 269 g/mol. The van der Waals surface area contributed by atoms with Crippen LogP contribution in [-0.2, 0) is 0 Å². The van der Waals surface area contributed by atoms with Crippen LogP contribution in [0.2, 0.25) is 0 Å². The smallest absolute Gasteiger partial charge is 0.255 e. The molecular formula is C16H19N3O. The first-order chi connectivity index (χ1) is 9.68. The topological polar surface area (TPSA) is 45.2 Å². The molecule has 1 aliphatic heterocycles. The van der Waals surface area contributed by atoms with Crippen LogP contribution < -0.4 is 5.32 Å². The van der Waals surface area contributed by atoms with Crippen molar-refractivity contribution < 1.29 is 4.79 Å². The highest BCUT2D eigenvalue weighted by Crippen LogP contribution is 2.21. The summed E-state index contributed by atoms with van der Waals surface area (Å²) in [5.41, 5.74) is 1.62.